The van der Waals surface area contributed by atoms with Gasteiger partial charge in [-0.15, -0.1) is 0 Å². The van der Waals surface area contributed by atoms with E-state index in [2.05, 4.69) is 33.5 Å². The van der Waals surface area contributed by atoms with Crippen molar-refractivity contribution in [3.05, 3.63) is 28.2 Å². The molecule has 0 aliphatic carbocycles. The van der Waals surface area contributed by atoms with Crippen LogP contribution in [0, 0.1) is 0 Å². The minimum absolute atomic E-state index is 0.176. The zero-order chi connectivity index (χ0) is 17.9. The van der Waals surface area contributed by atoms with Crippen LogP contribution in [-0.2, 0) is 0 Å². The minimum Gasteiger partial charge on any atom is -0.493 e. The van der Waals surface area contributed by atoms with Gasteiger partial charge in [0.2, 0.25) is 0 Å². The van der Waals surface area contributed by atoms with Crippen molar-refractivity contribution < 1.29 is 14.6 Å². The van der Waals surface area contributed by atoms with Gasteiger partial charge in [-0.2, -0.15) is 0 Å². The third-order valence-corrected chi connectivity index (χ3v) is 3.97. The first kappa shape index (κ1) is 20.9. The Labute approximate surface area is 157 Å². The number of hydrogen-bond donors (Lipinski definition) is 3. The standard InChI is InChI=1S/C17H25BrN2O3S/c1-3-4-5-6-9-23-15-8-7-13(18)10-14(15)16(22)20-17(24)19-11-12(2)21/h7-8,10,12,21H,3-6,9,11H2,1-2H3,(H2,19,20,22,24). The third kappa shape index (κ3) is 8.08. The molecular formula is C17H25BrN2O3S. The highest BCUT2D eigenvalue weighted by atomic mass is 79.9. The second kappa shape index (κ2) is 11.4. The SMILES string of the molecule is CCCCCCOc1ccc(Br)cc1C(=O)NC(=S)NCC(C)O. The molecule has 5 nitrogen and oxygen atoms in total. The number of carbonyl (C=O) groups is 1. The fraction of sp³-hybridized carbons (Fsp3) is 0.529. The number of thiocarbonyl (C=S) groups is 1. The Morgan fingerprint density at radius 1 is 1.38 bits per heavy atom. The Balaban J connectivity index is 2.65. The minimum atomic E-state index is -0.548. The summed E-state index contributed by atoms with van der Waals surface area (Å²) in [6.07, 6.45) is 3.87. The van der Waals surface area contributed by atoms with Gasteiger partial charge in [0.15, 0.2) is 5.11 Å². The summed E-state index contributed by atoms with van der Waals surface area (Å²) in [5.74, 6) is 0.188. The summed E-state index contributed by atoms with van der Waals surface area (Å²) in [4.78, 5) is 12.4. The fourth-order valence-corrected chi connectivity index (χ4v) is 2.51. The predicted molar refractivity (Wildman–Crippen MR) is 104 cm³/mol. The van der Waals surface area contributed by atoms with Gasteiger partial charge in [-0.25, -0.2) is 0 Å². The van der Waals surface area contributed by atoms with Crippen LogP contribution in [0.4, 0.5) is 0 Å². The monoisotopic (exact) mass is 416 g/mol. The van der Waals surface area contributed by atoms with E-state index in [0.717, 1.165) is 17.3 Å². The van der Waals surface area contributed by atoms with Gasteiger partial charge in [0.1, 0.15) is 5.75 Å². The molecule has 0 heterocycles. The topological polar surface area (TPSA) is 70.6 Å². The number of halogens is 1. The van der Waals surface area contributed by atoms with Crippen LogP contribution in [0.2, 0.25) is 0 Å². The van der Waals surface area contributed by atoms with Crippen LogP contribution in [0.5, 0.6) is 5.75 Å². The molecule has 0 saturated carbocycles. The molecule has 0 radical (unpaired) electrons. The van der Waals surface area contributed by atoms with E-state index >= 15 is 0 Å². The molecule has 1 aromatic carbocycles. The van der Waals surface area contributed by atoms with Gasteiger partial charge >= 0.3 is 0 Å². The zero-order valence-electron chi connectivity index (χ0n) is 14.1. The molecule has 7 heteroatoms. The number of benzene rings is 1. The largest absolute Gasteiger partial charge is 0.493 e. The van der Waals surface area contributed by atoms with E-state index in [1.807, 2.05) is 6.07 Å². The average molecular weight is 417 g/mol. The van der Waals surface area contributed by atoms with Crippen LogP contribution < -0.4 is 15.4 Å². The highest BCUT2D eigenvalue weighted by Crippen LogP contribution is 2.23. The maximum Gasteiger partial charge on any atom is 0.261 e. The lowest BCUT2D eigenvalue weighted by Crippen LogP contribution is -2.41. The summed E-state index contributed by atoms with van der Waals surface area (Å²) >= 11 is 8.42. The Morgan fingerprint density at radius 2 is 2.12 bits per heavy atom. The average Bonchev–Trinajstić information content (AvgIpc) is 2.53. The number of amides is 1. The summed E-state index contributed by atoms with van der Waals surface area (Å²) in [5.41, 5.74) is 0.418. The number of ether oxygens (including phenoxy) is 1. The van der Waals surface area contributed by atoms with Crippen molar-refractivity contribution in [1.82, 2.24) is 10.6 Å². The number of rotatable bonds is 9. The maximum atomic E-state index is 12.4. The summed E-state index contributed by atoms with van der Waals surface area (Å²) in [7, 11) is 0. The first-order chi connectivity index (χ1) is 11.4. The molecule has 0 aliphatic heterocycles. The molecule has 134 valence electrons. The number of carbonyl (C=O) groups excluding carboxylic acids is 1. The molecule has 0 bridgehead atoms. The van der Waals surface area contributed by atoms with Crippen LogP contribution >= 0.6 is 28.1 Å². The second-order valence-corrected chi connectivity index (χ2v) is 6.89. The molecule has 0 aliphatic rings. The van der Waals surface area contributed by atoms with Crippen molar-refractivity contribution >= 4 is 39.2 Å². The molecule has 0 saturated heterocycles. The Morgan fingerprint density at radius 3 is 2.79 bits per heavy atom. The van der Waals surface area contributed by atoms with Crippen LogP contribution in [0.25, 0.3) is 0 Å². The lowest BCUT2D eigenvalue weighted by Gasteiger charge is -2.14. The van der Waals surface area contributed by atoms with E-state index < -0.39 is 6.10 Å². The van der Waals surface area contributed by atoms with Crippen molar-refractivity contribution in [2.75, 3.05) is 13.2 Å². The first-order valence-electron chi connectivity index (χ1n) is 8.13. The number of hydrogen-bond acceptors (Lipinski definition) is 4. The van der Waals surface area contributed by atoms with Crippen molar-refractivity contribution in [2.24, 2.45) is 0 Å². The number of unbranched alkanes of at least 4 members (excludes halogenated alkanes) is 3. The van der Waals surface area contributed by atoms with Gasteiger partial charge in [-0.3, -0.25) is 10.1 Å². The lowest BCUT2D eigenvalue weighted by molar-refractivity contribution is 0.0971. The van der Waals surface area contributed by atoms with Crippen molar-refractivity contribution in [1.29, 1.82) is 0 Å². The zero-order valence-corrected chi connectivity index (χ0v) is 16.5. The lowest BCUT2D eigenvalue weighted by atomic mass is 10.2. The van der Waals surface area contributed by atoms with E-state index in [4.69, 9.17) is 17.0 Å². The fourth-order valence-electron chi connectivity index (χ4n) is 1.97. The van der Waals surface area contributed by atoms with Crippen LogP contribution in [0.15, 0.2) is 22.7 Å². The quantitative estimate of drug-likeness (QED) is 0.425. The number of aliphatic hydroxyl groups is 1. The maximum absolute atomic E-state index is 12.4. The van der Waals surface area contributed by atoms with Crippen LogP contribution in [0.3, 0.4) is 0 Å². The molecule has 1 aromatic rings. The Bertz CT molecular complexity index is 553. The predicted octanol–water partition coefficient (Wildman–Crippen LogP) is 3.39. The Kier molecular flexibility index (Phi) is 9.90. The van der Waals surface area contributed by atoms with Gasteiger partial charge in [-0.05, 0) is 43.8 Å². The summed E-state index contributed by atoms with van der Waals surface area (Å²) in [5, 5.41) is 14.8. The third-order valence-electron chi connectivity index (χ3n) is 3.23. The molecule has 0 aromatic heterocycles. The van der Waals surface area contributed by atoms with E-state index in [1.54, 1.807) is 19.1 Å². The molecule has 1 rings (SSSR count). The highest BCUT2D eigenvalue weighted by molar-refractivity contribution is 9.10. The molecule has 0 spiro atoms. The van der Waals surface area contributed by atoms with E-state index in [1.165, 1.54) is 12.8 Å². The molecule has 24 heavy (non-hydrogen) atoms. The summed E-state index contributed by atoms with van der Waals surface area (Å²) in [6, 6.07) is 5.31. The molecule has 3 N–H and O–H groups in total. The summed E-state index contributed by atoms with van der Waals surface area (Å²) in [6.45, 7) is 4.65. The molecule has 1 atom stereocenters. The number of aliphatic hydroxyl groups excluding tert-OH is 1. The highest BCUT2D eigenvalue weighted by Gasteiger charge is 2.15. The molecule has 1 unspecified atom stereocenters. The summed E-state index contributed by atoms with van der Waals surface area (Å²) < 4.78 is 6.54. The van der Waals surface area contributed by atoms with Crippen molar-refractivity contribution in [3.63, 3.8) is 0 Å². The van der Waals surface area contributed by atoms with E-state index in [0.29, 0.717) is 17.9 Å². The normalized spacial score (nSPS) is 11.7. The Hall–Kier alpha value is -1.18. The smallest absolute Gasteiger partial charge is 0.261 e. The molecular weight excluding hydrogens is 392 g/mol. The van der Waals surface area contributed by atoms with Crippen molar-refractivity contribution in [2.45, 2.75) is 45.6 Å². The second-order valence-electron chi connectivity index (χ2n) is 5.56. The van der Waals surface area contributed by atoms with Gasteiger partial charge < -0.3 is 15.2 Å². The molecule has 0 fully saturated rings. The number of nitrogens with one attached hydrogen (secondary N) is 2. The van der Waals surface area contributed by atoms with Crippen molar-refractivity contribution in [3.8, 4) is 5.75 Å². The first-order valence-corrected chi connectivity index (χ1v) is 9.33. The van der Waals surface area contributed by atoms with E-state index in [-0.39, 0.29) is 17.6 Å². The molecule has 1 amide bonds. The van der Waals surface area contributed by atoms with Gasteiger partial charge in [0, 0.05) is 11.0 Å². The van der Waals surface area contributed by atoms with E-state index in [9.17, 15) is 9.90 Å². The van der Waals surface area contributed by atoms with Crippen LogP contribution in [-0.4, -0.2) is 35.4 Å². The van der Waals surface area contributed by atoms with Gasteiger partial charge in [-0.1, -0.05) is 42.1 Å². The van der Waals surface area contributed by atoms with Gasteiger partial charge in [0.25, 0.3) is 5.91 Å². The van der Waals surface area contributed by atoms with Gasteiger partial charge in [0.05, 0.1) is 18.3 Å². The van der Waals surface area contributed by atoms with Crippen LogP contribution in [0.1, 0.15) is 49.9 Å².